The Morgan fingerprint density at radius 2 is 1.41 bits per heavy atom. The lowest BCUT2D eigenvalue weighted by atomic mass is 9.44. The molecule has 0 aromatic heterocycles. The van der Waals surface area contributed by atoms with Crippen molar-refractivity contribution in [2.24, 2.45) is 21.7 Å². The van der Waals surface area contributed by atoms with Crippen LogP contribution in [0.5, 0.6) is 0 Å². The number of amides is 1. The molecule has 2 bridgehead atoms. The molecular formula is C59H74N2O15. The van der Waals surface area contributed by atoms with Gasteiger partial charge < -0.3 is 48.9 Å². The van der Waals surface area contributed by atoms with Crippen LogP contribution in [-0.2, 0) is 52.4 Å². The third-order valence-electron chi connectivity index (χ3n) is 15.6. The van der Waals surface area contributed by atoms with E-state index in [0.717, 1.165) is 39.5 Å². The monoisotopic (exact) mass is 1050 g/mol. The fourth-order valence-corrected chi connectivity index (χ4v) is 11.7. The Kier molecular flexibility index (Phi) is 19.4. The second kappa shape index (κ2) is 25.1. The van der Waals surface area contributed by atoms with Crippen molar-refractivity contribution in [3.63, 3.8) is 0 Å². The number of nitrogens with zero attached hydrogens (tertiary/aromatic N) is 1. The van der Waals surface area contributed by atoms with Crippen LogP contribution in [0.1, 0.15) is 145 Å². The molecule has 17 nitrogen and oxygen atoms in total. The van der Waals surface area contributed by atoms with Gasteiger partial charge in [0.05, 0.1) is 29.6 Å². The summed E-state index contributed by atoms with van der Waals surface area (Å²) in [6, 6.07) is 23.2. The molecule has 1 saturated heterocycles. The number of nitrogens with one attached hydrogen (secondary N) is 1. The van der Waals surface area contributed by atoms with Crippen LogP contribution in [0.25, 0.3) is 0 Å². The maximum Gasteiger partial charge on any atom is 0.350 e. The summed E-state index contributed by atoms with van der Waals surface area (Å²) in [6.07, 6.45) is -4.09. The molecule has 1 heterocycles. The van der Waals surface area contributed by atoms with Crippen LogP contribution < -0.4 is 5.32 Å². The molecule has 3 aliphatic carbocycles. The van der Waals surface area contributed by atoms with Crippen molar-refractivity contribution in [2.45, 2.75) is 167 Å². The highest BCUT2D eigenvalue weighted by molar-refractivity contribution is 5.96. The number of hydrogen-bond donors (Lipinski definition) is 3. The van der Waals surface area contributed by atoms with Crippen molar-refractivity contribution < 1.29 is 72.2 Å². The molecule has 0 radical (unpaired) electrons. The smallest absolute Gasteiger partial charge is 0.350 e. The number of aliphatic imine (C=N–C) groups is 1. The molecule has 2 saturated carbocycles. The number of aliphatic hydroxyl groups is 2. The zero-order chi connectivity index (χ0) is 55.6. The molecule has 11 atom stereocenters. The first-order valence-electron chi connectivity index (χ1n) is 26.3. The van der Waals surface area contributed by atoms with Crippen molar-refractivity contribution >= 4 is 47.8 Å². The van der Waals surface area contributed by atoms with Gasteiger partial charge in [-0.2, -0.15) is 0 Å². The topological polar surface area (TPSA) is 240 Å². The van der Waals surface area contributed by atoms with Crippen molar-refractivity contribution in [3.05, 3.63) is 119 Å². The van der Waals surface area contributed by atoms with Gasteiger partial charge in [-0.05, 0) is 80.3 Å². The van der Waals surface area contributed by atoms with Gasteiger partial charge in [-0.25, -0.2) is 9.59 Å². The molecule has 1 amide bonds. The average Bonchev–Trinajstić information content (AvgIpc) is 3.49. The maximum atomic E-state index is 15.8. The van der Waals surface area contributed by atoms with E-state index in [2.05, 4.69) is 10.3 Å². The Morgan fingerprint density at radius 3 is 1.99 bits per heavy atom. The predicted octanol–water partition coefficient (Wildman–Crippen LogP) is 7.74. The zero-order valence-corrected chi connectivity index (χ0v) is 45.1. The summed E-state index contributed by atoms with van der Waals surface area (Å²) < 4.78 is 37.1. The summed E-state index contributed by atoms with van der Waals surface area (Å²) in [4.78, 5) is 104. The summed E-state index contributed by atoms with van der Waals surface area (Å²) in [7, 11) is 1.72. The Morgan fingerprint density at radius 1 is 0.816 bits per heavy atom. The van der Waals surface area contributed by atoms with Crippen LogP contribution in [0.15, 0.2) is 107 Å². The molecule has 3 aromatic carbocycles. The van der Waals surface area contributed by atoms with Crippen LogP contribution in [0.4, 0.5) is 0 Å². The molecule has 4 aliphatic rings. The first-order valence-corrected chi connectivity index (χ1v) is 26.3. The number of ether oxygens (including phenoxy) is 6. The van der Waals surface area contributed by atoms with Gasteiger partial charge in [-0.3, -0.25) is 24.0 Å². The minimum Gasteiger partial charge on any atom is -0.455 e. The number of ketones is 1. The quantitative estimate of drug-likeness (QED) is 0.0342. The number of esters is 5. The van der Waals surface area contributed by atoms with Crippen molar-refractivity contribution in [1.82, 2.24) is 5.32 Å². The van der Waals surface area contributed by atoms with Crippen LogP contribution in [0.3, 0.4) is 0 Å². The lowest BCUT2D eigenvalue weighted by Gasteiger charge is -2.67. The van der Waals surface area contributed by atoms with E-state index in [1.54, 1.807) is 107 Å². The van der Waals surface area contributed by atoms with E-state index < -0.39 is 119 Å². The van der Waals surface area contributed by atoms with E-state index in [1.807, 2.05) is 20.1 Å². The van der Waals surface area contributed by atoms with Gasteiger partial charge in [-0.1, -0.05) is 114 Å². The molecule has 3 fully saturated rings. The number of unbranched alkanes of at least 4 members (excludes halogenated alkanes) is 5. The summed E-state index contributed by atoms with van der Waals surface area (Å²) >= 11 is 0. The van der Waals surface area contributed by atoms with Crippen LogP contribution in [0, 0.1) is 16.7 Å². The third-order valence-corrected chi connectivity index (χ3v) is 15.6. The minimum absolute atomic E-state index is 0.0158. The summed E-state index contributed by atoms with van der Waals surface area (Å²) in [5.74, 6) is -7.60. The zero-order valence-electron chi connectivity index (χ0n) is 45.1. The number of rotatable bonds is 19. The minimum atomic E-state index is -2.44. The number of hydrogen-bond acceptors (Lipinski definition) is 16. The Balaban J connectivity index is 0.00000463. The number of carbonyl (C=O) groups excluding carboxylic acids is 7. The molecule has 0 unspecified atom stereocenters. The number of benzene rings is 3. The van der Waals surface area contributed by atoms with Gasteiger partial charge in [0.15, 0.2) is 17.5 Å². The van der Waals surface area contributed by atoms with Crippen LogP contribution >= 0.6 is 0 Å². The molecule has 0 spiro atoms. The third kappa shape index (κ3) is 11.9. The standard InChI is InChI=1S/C57H68N2O15.C2H6/c1-34-40(71-53(67)47(72-43(63)29-21-10-8-9-11-22-30-58-7)45(37-23-15-12-16-24-37)59-51(65)38-25-17-13-18-26-38)32-57(68)50(73-52(66)39-27-19-14-20-28-39)48-55(6,41(62)31-42-56(48,33-69-42)74-36(3)61)49(64)46(70-35(2)60)44(34)54(57,4)5;1-2/h12-20,23-28,30,40-42,45-48,50,62,68H,8-11,21-22,29,31-33H2,1-7H3,(H,59,65);1-2H3/t40-,41-,42+,45-,46+,47+,48-,50-,55+,56-,57+;/m0./s1. The van der Waals surface area contributed by atoms with E-state index in [1.165, 1.54) is 19.1 Å². The highest BCUT2D eigenvalue weighted by Crippen LogP contribution is 2.64. The van der Waals surface area contributed by atoms with Crippen LogP contribution in [-0.4, -0.2) is 119 Å². The van der Waals surface area contributed by atoms with Crippen molar-refractivity contribution in [3.8, 4) is 0 Å². The fourth-order valence-electron chi connectivity index (χ4n) is 11.7. The van der Waals surface area contributed by atoms with Gasteiger partial charge in [0.25, 0.3) is 5.91 Å². The van der Waals surface area contributed by atoms with E-state index in [0.29, 0.717) is 18.4 Å². The van der Waals surface area contributed by atoms with Gasteiger partial charge in [0.2, 0.25) is 6.10 Å². The molecule has 410 valence electrons. The maximum absolute atomic E-state index is 15.8. The number of aliphatic hydroxyl groups excluding tert-OH is 1. The van der Waals surface area contributed by atoms with Gasteiger partial charge in [0.1, 0.15) is 30.0 Å². The SMILES string of the molecule is CC.CN=CCCCCCCCC(=O)O[C@@H](C(=O)O[C@H]1C[C@@]2(O)[C@@H](OC(=O)c3ccccc3)[C@@H]3[C@]4(OC(C)=O)CO[C@@H]4C[C@H](O)[C@@]3(C)C(=O)[C@H](OC(C)=O)C(=C1C)C2(C)C)[C@@H](NC(=O)c1ccccc1)c1ccccc1. The normalized spacial score (nSPS) is 28.0. The molecular weight excluding hydrogens is 977 g/mol. The second-order valence-electron chi connectivity index (χ2n) is 20.6. The van der Waals surface area contributed by atoms with Crippen molar-refractivity contribution in [2.75, 3.05) is 13.7 Å². The highest BCUT2D eigenvalue weighted by atomic mass is 16.6. The lowest BCUT2D eigenvalue weighted by molar-refractivity contribution is -0.346. The molecule has 76 heavy (non-hydrogen) atoms. The molecule has 7 rings (SSSR count). The average molecular weight is 1050 g/mol. The van der Waals surface area contributed by atoms with E-state index in [9.17, 15) is 34.2 Å². The predicted molar refractivity (Wildman–Crippen MR) is 280 cm³/mol. The Labute approximate surface area is 445 Å². The van der Waals surface area contributed by atoms with Gasteiger partial charge in [0, 0.05) is 51.1 Å². The second-order valence-corrected chi connectivity index (χ2v) is 20.6. The summed E-state index contributed by atoms with van der Waals surface area (Å²) in [5.41, 5.74) is -7.22. The number of carbonyl (C=O) groups is 7. The first-order chi connectivity index (χ1) is 36.2. The fraction of sp³-hybridized carbons (Fsp3) is 0.525. The Hall–Kier alpha value is -6.56. The van der Waals surface area contributed by atoms with E-state index in [-0.39, 0.29) is 41.7 Å². The van der Waals surface area contributed by atoms with E-state index >= 15 is 9.59 Å². The molecule has 3 aromatic rings. The molecule has 3 N–H and O–H groups in total. The molecule has 17 heteroatoms. The summed E-state index contributed by atoms with van der Waals surface area (Å²) in [5, 5.41) is 29.1. The number of fused-ring (bicyclic) bond motifs is 5. The van der Waals surface area contributed by atoms with Gasteiger partial charge >= 0.3 is 29.8 Å². The van der Waals surface area contributed by atoms with Crippen molar-refractivity contribution in [1.29, 1.82) is 0 Å². The Bertz CT molecular complexity index is 2620. The largest absolute Gasteiger partial charge is 0.455 e. The lowest BCUT2D eigenvalue weighted by Crippen LogP contribution is -2.82. The van der Waals surface area contributed by atoms with Crippen LogP contribution in [0.2, 0.25) is 0 Å². The van der Waals surface area contributed by atoms with E-state index in [4.69, 9.17) is 28.4 Å². The first kappa shape index (κ1) is 58.7. The highest BCUT2D eigenvalue weighted by Gasteiger charge is 2.78. The number of Topliss-reactive ketones (excluding diaryl/α,β-unsaturated/α-hetero) is 1. The summed E-state index contributed by atoms with van der Waals surface area (Å²) in [6.45, 7) is 12.0. The molecule has 1 aliphatic heterocycles. The van der Waals surface area contributed by atoms with Gasteiger partial charge in [-0.15, -0.1) is 0 Å².